The van der Waals surface area contributed by atoms with Crippen molar-refractivity contribution in [3.05, 3.63) is 42.9 Å². The van der Waals surface area contributed by atoms with Crippen molar-refractivity contribution >= 4 is 27.9 Å². The Balaban J connectivity index is 1.68. The zero-order chi connectivity index (χ0) is 20.9. The van der Waals surface area contributed by atoms with E-state index in [1.165, 1.54) is 0 Å². The predicted octanol–water partition coefficient (Wildman–Crippen LogP) is 3.13. The number of nitrogens with zero attached hydrogens (tertiary/aromatic N) is 6. The summed E-state index contributed by atoms with van der Waals surface area (Å²) in [6.07, 6.45) is 5.49. The molecule has 0 spiro atoms. The SMILES string of the molecule is C[C@@H]1COCCN1c1cc(-c2ccnc3[nH]ccc23)c2c(n1)c(-c1ccn[nH]1)nn2C. The lowest BCUT2D eigenvalue weighted by Crippen LogP contribution is -2.44. The highest BCUT2D eigenvalue weighted by Crippen LogP contribution is 2.38. The molecule has 1 aliphatic heterocycles. The van der Waals surface area contributed by atoms with Crippen molar-refractivity contribution in [2.24, 2.45) is 7.05 Å². The third-order valence-electron chi connectivity index (χ3n) is 5.95. The molecule has 9 heteroatoms. The van der Waals surface area contributed by atoms with E-state index in [2.05, 4.69) is 50.2 Å². The van der Waals surface area contributed by atoms with Crippen LogP contribution in [0.2, 0.25) is 0 Å². The van der Waals surface area contributed by atoms with Gasteiger partial charge < -0.3 is 14.6 Å². The van der Waals surface area contributed by atoms with Gasteiger partial charge in [0.25, 0.3) is 0 Å². The number of anilines is 1. The molecule has 0 bridgehead atoms. The summed E-state index contributed by atoms with van der Waals surface area (Å²) >= 11 is 0. The molecule has 6 heterocycles. The van der Waals surface area contributed by atoms with Crippen molar-refractivity contribution < 1.29 is 4.74 Å². The van der Waals surface area contributed by atoms with Crippen molar-refractivity contribution in [3.8, 4) is 22.5 Å². The van der Waals surface area contributed by atoms with Crippen LogP contribution in [-0.2, 0) is 11.8 Å². The first-order valence-corrected chi connectivity index (χ1v) is 10.3. The Morgan fingerprint density at radius 1 is 1.16 bits per heavy atom. The van der Waals surface area contributed by atoms with E-state index in [9.17, 15) is 0 Å². The number of ether oxygens (including phenoxy) is 1. The monoisotopic (exact) mass is 414 g/mol. The molecule has 31 heavy (non-hydrogen) atoms. The van der Waals surface area contributed by atoms with Crippen LogP contribution in [0.15, 0.2) is 42.9 Å². The van der Waals surface area contributed by atoms with Crippen LogP contribution in [0.25, 0.3) is 44.6 Å². The minimum Gasteiger partial charge on any atom is -0.377 e. The van der Waals surface area contributed by atoms with Gasteiger partial charge in [0, 0.05) is 43.1 Å². The summed E-state index contributed by atoms with van der Waals surface area (Å²) in [6.45, 7) is 4.35. The summed E-state index contributed by atoms with van der Waals surface area (Å²) in [5, 5.41) is 13.0. The van der Waals surface area contributed by atoms with Crippen LogP contribution in [0, 0.1) is 0 Å². The van der Waals surface area contributed by atoms with Gasteiger partial charge in [0.2, 0.25) is 0 Å². The summed E-state index contributed by atoms with van der Waals surface area (Å²) in [6, 6.07) is 8.45. The fourth-order valence-electron chi connectivity index (χ4n) is 4.45. The lowest BCUT2D eigenvalue weighted by atomic mass is 10.0. The Labute approximate surface area is 178 Å². The third kappa shape index (κ3) is 2.81. The normalized spacial score (nSPS) is 17.1. The van der Waals surface area contributed by atoms with E-state index in [0.717, 1.165) is 56.9 Å². The van der Waals surface area contributed by atoms with Gasteiger partial charge in [-0.1, -0.05) is 0 Å². The Morgan fingerprint density at radius 3 is 2.94 bits per heavy atom. The van der Waals surface area contributed by atoms with E-state index in [-0.39, 0.29) is 6.04 Å². The van der Waals surface area contributed by atoms with Gasteiger partial charge in [-0.05, 0) is 36.8 Å². The lowest BCUT2D eigenvalue weighted by Gasteiger charge is -2.34. The maximum Gasteiger partial charge on any atom is 0.137 e. The highest BCUT2D eigenvalue weighted by atomic mass is 16.5. The number of morpholine rings is 1. The molecule has 156 valence electrons. The molecule has 0 amide bonds. The van der Waals surface area contributed by atoms with Gasteiger partial charge >= 0.3 is 0 Å². The molecule has 6 rings (SSSR count). The molecule has 0 saturated carbocycles. The number of aromatic nitrogens is 7. The minimum absolute atomic E-state index is 0.239. The molecule has 0 aliphatic carbocycles. The Morgan fingerprint density at radius 2 is 2.10 bits per heavy atom. The zero-order valence-electron chi connectivity index (χ0n) is 17.3. The number of hydrogen-bond donors (Lipinski definition) is 2. The second-order valence-corrected chi connectivity index (χ2v) is 7.88. The third-order valence-corrected chi connectivity index (χ3v) is 5.95. The topological polar surface area (TPSA) is 101 Å². The van der Waals surface area contributed by atoms with E-state index in [1.807, 2.05) is 30.2 Å². The van der Waals surface area contributed by atoms with Crippen LogP contribution in [-0.4, -0.2) is 60.7 Å². The Kier molecular flexibility index (Phi) is 4.03. The Hall–Kier alpha value is -3.72. The molecule has 9 nitrogen and oxygen atoms in total. The second-order valence-electron chi connectivity index (χ2n) is 7.88. The maximum atomic E-state index is 5.66. The van der Waals surface area contributed by atoms with Gasteiger partial charge in [0.1, 0.15) is 22.7 Å². The van der Waals surface area contributed by atoms with Gasteiger partial charge in [-0.25, -0.2) is 9.97 Å². The first-order chi connectivity index (χ1) is 15.2. The molecule has 1 saturated heterocycles. The largest absolute Gasteiger partial charge is 0.377 e. The molecule has 1 fully saturated rings. The molecular formula is C22H22N8O. The molecule has 5 aromatic rings. The van der Waals surface area contributed by atoms with Gasteiger partial charge in [-0.3, -0.25) is 9.78 Å². The average Bonchev–Trinajstić information content (AvgIpc) is 3.53. The highest BCUT2D eigenvalue weighted by Gasteiger charge is 2.25. The molecule has 0 aromatic carbocycles. The zero-order valence-corrected chi connectivity index (χ0v) is 17.3. The molecule has 0 radical (unpaired) electrons. The molecule has 1 aliphatic rings. The van der Waals surface area contributed by atoms with E-state index in [4.69, 9.17) is 14.8 Å². The summed E-state index contributed by atoms with van der Waals surface area (Å²) in [5.74, 6) is 0.924. The van der Waals surface area contributed by atoms with Crippen LogP contribution in [0.4, 0.5) is 5.82 Å². The molecular weight excluding hydrogens is 392 g/mol. The fourth-order valence-corrected chi connectivity index (χ4v) is 4.45. The molecule has 5 aromatic heterocycles. The molecule has 2 N–H and O–H groups in total. The number of H-pyrrole nitrogens is 2. The van der Waals surface area contributed by atoms with Crippen molar-refractivity contribution in [2.45, 2.75) is 13.0 Å². The van der Waals surface area contributed by atoms with Crippen LogP contribution >= 0.6 is 0 Å². The van der Waals surface area contributed by atoms with E-state index in [0.29, 0.717) is 13.2 Å². The number of rotatable bonds is 3. The fraction of sp³-hybridized carbons (Fsp3) is 0.273. The van der Waals surface area contributed by atoms with Crippen molar-refractivity contribution in [3.63, 3.8) is 0 Å². The van der Waals surface area contributed by atoms with Crippen LogP contribution < -0.4 is 4.90 Å². The number of aromatic amines is 2. The first kappa shape index (κ1) is 18.1. The maximum absolute atomic E-state index is 5.66. The van der Waals surface area contributed by atoms with Crippen molar-refractivity contribution in [1.29, 1.82) is 0 Å². The van der Waals surface area contributed by atoms with Gasteiger partial charge in [0.05, 0.1) is 30.5 Å². The quantitative estimate of drug-likeness (QED) is 0.470. The average molecular weight is 414 g/mol. The second kappa shape index (κ2) is 6.92. The van der Waals surface area contributed by atoms with E-state index < -0.39 is 0 Å². The number of aryl methyl sites for hydroxylation is 1. The lowest BCUT2D eigenvalue weighted by molar-refractivity contribution is 0.0986. The molecule has 1 atom stereocenters. The minimum atomic E-state index is 0.239. The summed E-state index contributed by atoms with van der Waals surface area (Å²) < 4.78 is 7.56. The standard InChI is InChI=1S/C22H22N8O/c1-13-12-31-10-9-30(13)18-11-16(14-3-6-23-22-15(14)4-7-24-22)21-20(26-18)19(28-29(21)2)17-5-8-25-27-17/h3-8,11,13H,9-10,12H2,1-2H3,(H,23,24)(H,25,27)/t13-/m1/s1. The van der Waals surface area contributed by atoms with Crippen LogP contribution in [0.5, 0.6) is 0 Å². The highest BCUT2D eigenvalue weighted by molar-refractivity contribution is 6.05. The summed E-state index contributed by atoms with van der Waals surface area (Å²) in [5.41, 5.74) is 6.49. The number of nitrogens with one attached hydrogen (secondary N) is 2. The van der Waals surface area contributed by atoms with Crippen LogP contribution in [0.3, 0.4) is 0 Å². The van der Waals surface area contributed by atoms with E-state index in [1.54, 1.807) is 6.20 Å². The number of fused-ring (bicyclic) bond motifs is 2. The summed E-state index contributed by atoms with van der Waals surface area (Å²) in [7, 11) is 1.96. The number of pyridine rings is 2. The Bertz CT molecular complexity index is 1380. The van der Waals surface area contributed by atoms with Crippen molar-refractivity contribution in [2.75, 3.05) is 24.7 Å². The first-order valence-electron chi connectivity index (χ1n) is 10.3. The van der Waals surface area contributed by atoms with Gasteiger partial charge in [0.15, 0.2) is 0 Å². The van der Waals surface area contributed by atoms with Crippen molar-refractivity contribution in [1.82, 2.24) is 34.9 Å². The van der Waals surface area contributed by atoms with Gasteiger partial charge in [-0.15, -0.1) is 0 Å². The molecule has 0 unspecified atom stereocenters. The van der Waals surface area contributed by atoms with Crippen LogP contribution in [0.1, 0.15) is 6.92 Å². The predicted molar refractivity (Wildman–Crippen MR) is 119 cm³/mol. The number of hydrogen-bond acceptors (Lipinski definition) is 6. The summed E-state index contributed by atoms with van der Waals surface area (Å²) in [4.78, 5) is 15.1. The smallest absolute Gasteiger partial charge is 0.137 e. The van der Waals surface area contributed by atoms with Gasteiger partial charge in [-0.2, -0.15) is 10.2 Å². The van der Waals surface area contributed by atoms with E-state index >= 15 is 0 Å².